The van der Waals surface area contributed by atoms with Gasteiger partial charge in [-0.25, -0.2) is 4.79 Å². The molecule has 0 saturated carbocycles. The number of benzene rings is 3. The van der Waals surface area contributed by atoms with Crippen LogP contribution in [-0.2, 0) is 16.1 Å². The summed E-state index contributed by atoms with van der Waals surface area (Å²) < 4.78 is 5.41. The Hall–Kier alpha value is -3.80. The first-order valence-corrected chi connectivity index (χ1v) is 10.4. The summed E-state index contributed by atoms with van der Waals surface area (Å²) in [6.45, 7) is 0.714. The molecule has 3 aromatic carbocycles. The largest absolute Gasteiger partial charge is 0.445 e. The van der Waals surface area contributed by atoms with E-state index in [-0.39, 0.29) is 12.5 Å². The third kappa shape index (κ3) is 5.42. The number of rotatable bonds is 6. The topological polar surface area (TPSA) is 70.7 Å². The molecule has 6 heteroatoms. The highest BCUT2D eigenvalue weighted by molar-refractivity contribution is 5.97. The number of carbonyl (C=O) groups is 2. The lowest BCUT2D eigenvalue weighted by Gasteiger charge is -2.23. The van der Waals surface area contributed by atoms with Gasteiger partial charge in [0, 0.05) is 23.6 Å². The van der Waals surface area contributed by atoms with Gasteiger partial charge in [-0.3, -0.25) is 9.69 Å². The van der Waals surface area contributed by atoms with E-state index >= 15 is 0 Å². The normalized spacial score (nSPS) is 15.4. The standard InChI is InChI=1S/C25H25N3O3/c29-24(27-22-15-13-21(14-16-22)26-20-10-5-2-6-11-20)23-12-7-17-28(23)25(30)31-18-19-8-3-1-4-9-19/h1-6,8-11,13-16,23,26H,7,12,17-18H2,(H,27,29). The molecule has 2 amide bonds. The molecular formula is C25H25N3O3. The van der Waals surface area contributed by atoms with Crippen LogP contribution in [-0.4, -0.2) is 29.5 Å². The summed E-state index contributed by atoms with van der Waals surface area (Å²) in [7, 11) is 0. The van der Waals surface area contributed by atoms with Crippen molar-refractivity contribution >= 4 is 29.1 Å². The molecule has 1 aliphatic heterocycles. The SMILES string of the molecule is O=C(Nc1ccc(Nc2ccccc2)cc1)C1CCCN1C(=O)OCc1ccccc1. The molecule has 6 nitrogen and oxygen atoms in total. The molecule has 3 aromatic rings. The van der Waals surface area contributed by atoms with Crippen molar-refractivity contribution < 1.29 is 14.3 Å². The fourth-order valence-corrected chi connectivity index (χ4v) is 3.61. The molecule has 2 N–H and O–H groups in total. The van der Waals surface area contributed by atoms with Crippen molar-refractivity contribution in [3.63, 3.8) is 0 Å². The zero-order valence-electron chi connectivity index (χ0n) is 17.2. The Morgan fingerprint density at radius 1 is 0.839 bits per heavy atom. The molecule has 4 rings (SSSR count). The van der Waals surface area contributed by atoms with Crippen molar-refractivity contribution in [2.24, 2.45) is 0 Å². The second kappa shape index (κ2) is 9.80. The van der Waals surface area contributed by atoms with Gasteiger partial charge in [0.2, 0.25) is 5.91 Å². The molecule has 0 bridgehead atoms. The van der Waals surface area contributed by atoms with Crippen molar-refractivity contribution in [3.8, 4) is 0 Å². The number of hydrogen-bond donors (Lipinski definition) is 2. The monoisotopic (exact) mass is 415 g/mol. The number of ether oxygens (including phenoxy) is 1. The van der Waals surface area contributed by atoms with Gasteiger partial charge in [0.1, 0.15) is 12.6 Å². The van der Waals surface area contributed by atoms with Crippen LogP contribution in [0.3, 0.4) is 0 Å². The molecule has 1 saturated heterocycles. The average molecular weight is 415 g/mol. The van der Waals surface area contributed by atoms with E-state index in [4.69, 9.17) is 4.74 Å². The summed E-state index contributed by atoms with van der Waals surface area (Å²) in [5.41, 5.74) is 3.53. The third-order valence-corrected chi connectivity index (χ3v) is 5.21. The van der Waals surface area contributed by atoms with Crippen LogP contribution in [0.2, 0.25) is 0 Å². The summed E-state index contributed by atoms with van der Waals surface area (Å²) in [6, 6.07) is 26.4. The van der Waals surface area contributed by atoms with E-state index in [1.165, 1.54) is 4.90 Å². The highest BCUT2D eigenvalue weighted by atomic mass is 16.6. The number of likely N-dealkylation sites (tertiary alicyclic amines) is 1. The summed E-state index contributed by atoms with van der Waals surface area (Å²) >= 11 is 0. The van der Waals surface area contributed by atoms with Crippen LogP contribution in [0.5, 0.6) is 0 Å². The molecule has 1 unspecified atom stereocenters. The second-order valence-electron chi connectivity index (χ2n) is 7.45. The predicted molar refractivity (Wildman–Crippen MR) is 121 cm³/mol. The highest BCUT2D eigenvalue weighted by Crippen LogP contribution is 2.22. The maximum atomic E-state index is 12.8. The lowest BCUT2D eigenvalue weighted by molar-refractivity contribution is -0.120. The van der Waals surface area contributed by atoms with Gasteiger partial charge in [0.05, 0.1) is 0 Å². The van der Waals surface area contributed by atoms with Crippen LogP contribution >= 0.6 is 0 Å². The van der Waals surface area contributed by atoms with Crippen LogP contribution in [0.15, 0.2) is 84.9 Å². The second-order valence-corrected chi connectivity index (χ2v) is 7.45. The van der Waals surface area contributed by atoms with E-state index in [1.807, 2.05) is 84.9 Å². The van der Waals surface area contributed by atoms with Crippen LogP contribution < -0.4 is 10.6 Å². The molecule has 31 heavy (non-hydrogen) atoms. The van der Waals surface area contributed by atoms with E-state index in [2.05, 4.69) is 10.6 Å². The van der Waals surface area contributed by atoms with Crippen molar-refractivity contribution in [2.45, 2.75) is 25.5 Å². The average Bonchev–Trinajstić information content (AvgIpc) is 3.31. The van der Waals surface area contributed by atoms with Crippen molar-refractivity contribution in [1.82, 2.24) is 4.90 Å². The summed E-state index contributed by atoms with van der Waals surface area (Å²) in [6.07, 6.45) is 0.946. The van der Waals surface area contributed by atoms with Crippen LogP contribution in [0, 0.1) is 0 Å². The summed E-state index contributed by atoms with van der Waals surface area (Å²) in [5.74, 6) is -0.196. The molecule has 0 radical (unpaired) electrons. The Labute approximate surface area is 181 Å². The fraction of sp³-hybridized carbons (Fsp3) is 0.200. The number of carbonyl (C=O) groups excluding carboxylic acids is 2. The van der Waals surface area contributed by atoms with Gasteiger partial charge in [0.15, 0.2) is 0 Å². The van der Waals surface area contributed by atoms with Crippen molar-refractivity contribution in [2.75, 3.05) is 17.2 Å². The molecule has 1 fully saturated rings. The lowest BCUT2D eigenvalue weighted by atomic mass is 10.2. The third-order valence-electron chi connectivity index (χ3n) is 5.21. The lowest BCUT2D eigenvalue weighted by Crippen LogP contribution is -2.43. The first kappa shape index (κ1) is 20.5. The number of para-hydroxylation sites is 1. The Morgan fingerprint density at radius 2 is 1.45 bits per heavy atom. The number of nitrogens with one attached hydrogen (secondary N) is 2. The van der Waals surface area contributed by atoms with Crippen molar-refractivity contribution in [1.29, 1.82) is 0 Å². The maximum absolute atomic E-state index is 12.8. The maximum Gasteiger partial charge on any atom is 0.410 e. The molecule has 1 atom stereocenters. The summed E-state index contributed by atoms with van der Waals surface area (Å²) in [4.78, 5) is 26.8. The van der Waals surface area contributed by atoms with Gasteiger partial charge in [0.25, 0.3) is 0 Å². The predicted octanol–water partition coefficient (Wildman–Crippen LogP) is 5.17. The molecule has 0 aliphatic carbocycles. The minimum Gasteiger partial charge on any atom is -0.445 e. The Morgan fingerprint density at radius 3 is 2.16 bits per heavy atom. The van der Waals surface area contributed by atoms with Crippen LogP contribution in [0.25, 0.3) is 0 Å². The first-order valence-electron chi connectivity index (χ1n) is 10.4. The quantitative estimate of drug-likeness (QED) is 0.583. The van der Waals surface area contributed by atoms with E-state index in [0.29, 0.717) is 18.7 Å². The van der Waals surface area contributed by atoms with E-state index in [0.717, 1.165) is 23.4 Å². The molecule has 158 valence electrons. The first-order chi connectivity index (χ1) is 15.2. The number of hydrogen-bond acceptors (Lipinski definition) is 4. The number of amides is 2. The number of anilines is 3. The zero-order chi connectivity index (χ0) is 21.5. The molecule has 1 heterocycles. The van der Waals surface area contributed by atoms with Gasteiger partial charge in [-0.15, -0.1) is 0 Å². The minimum absolute atomic E-state index is 0.195. The van der Waals surface area contributed by atoms with Gasteiger partial charge in [-0.05, 0) is 54.8 Å². The van der Waals surface area contributed by atoms with Gasteiger partial charge < -0.3 is 15.4 Å². The van der Waals surface area contributed by atoms with E-state index < -0.39 is 12.1 Å². The Bertz CT molecular complexity index is 1010. The van der Waals surface area contributed by atoms with E-state index in [1.54, 1.807) is 0 Å². The zero-order valence-corrected chi connectivity index (χ0v) is 17.2. The van der Waals surface area contributed by atoms with Crippen LogP contribution in [0.1, 0.15) is 18.4 Å². The Balaban J connectivity index is 1.32. The van der Waals surface area contributed by atoms with Crippen molar-refractivity contribution in [3.05, 3.63) is 90.5 Å². The highest BCUT2D eigenvalue weighted by Gasteiger charge is 2.35. The van der Waals surface area contributed by atoms with Gasteiger partial charge in [-0.2, -0.15) is 0 Å². The van der Waals surface area contributed by atoms with Crippen LogP contribution in [0.4, 0.5) is 21.9 Å². The van der Waals surface area contributed by atoms with E-state index in [9.17, 15) is 9.59 Å². The fourth-order valence-electron chi connectivity index (χ4n) is 3.61. The smallest absolute Gasteiger partial charge is 0.410 e. The Kier molecular flexibility index (Phi) is 6.47. The summed E-state index contributed by atoms with van der Waals surface area (Å²) in [5, 5.41) is 6.22. The van der Waals surface area contributed by atoms with Gasteiger partial charge >= 0.3 is 6.09 Å². The van der Waals surface area contributed by atoms with Gasteiger partial charge in [-0.1, -0.05) is 48.5 Å². The molecular weight excluding hydrogens is 390 g/mol. The molecule has 0 spiro atoms. The minimum atomic E-state index is -0.523. The number of nitrogens with zero attached hydrogens (tertiary/aromatic N) is 1. The molecule has 0 aromatic heterocycles. The molecule has 1 aliphatic rings.